The van der Waals surface area contributed by atoms with E-state index in [1.165, 1.54) is 0 Å². The van der Waals surface area contributed by atoms with Crippen molar-refractivity contribution in [1.82, 2.24) is 14.3 Å². The summed E-state index contributed by atoms with van der Waals surface area (Å²) in [5, 5.41) is 3.15. The van der Waals surface area contributed by atoms with Gasteiger partial charge >= 0.3 is 0 Å². The lowest BCUT2D eigenvalue weighted by molar-refractivity contribution is 0.250. The van der Waals surface area contributed by atoms with Gasteiger partial charge in [0.15, 0.2) is 0 Å². The minimum Gasteiger partial charge on any atom is -0.319 e. The maximum Gasteiger partial charge on any atom is 0.279 e. The first-order valence-corrected chi connectivity index (χ1v) is 9.30. The molecule has 0 saturated carbocycles. The molecule has 20 heavy (non-hydrogen) atoms. The lowest BCUT2D eigenvalue weighted by Gasteiger charge is -2.37. The Morgan fingerprint density at radius 3 is 2.30 bits per heavy atom. The first-order chi connectivity index (χ1) is 9.43. The van der Waals surface area contributed by atoms with E-state index in [9.17, 15) is 8.42 Å². The average molecular weight is 305 g/mol. The van der Waals surface area contributed by atoms with Crippen LogP contribution in [0.4, 0.5) is 0 Å². The Morgan fingerprint density at radius 2 is 1.80 bits per heavy atom. The first kappa shape index (κ1) is 17.9. The molecule has 0 aromatic heterocycles. The maximum atomic E-state index is 12.6. The SMILES string of the molecule is CCC(CC)(CC)NS(=O)(=O)N1CCCC(CNC)C1. The van der Waals surface area contributed by atoms with Crippen molar-refractivity contribution < 1.29 is 8.42 Å². The fourth-order valence-corrected chi connectivity index (χ4v) is 4.89. The summed E-state index contributed by atoms with van der Waals surface area (Å²) in [5.74, 6) is 0.421. The van der Waals surface area contributed by atoms with Crippen molar-refractivity contribution in [2.24, 2.45) is 5.92 Å². The third-order valence-electron chi connectivity index (χ3n) is 4.69. The van der Waals surface area contributed by atoms with Crippen LogP contribution in [0.1, 0.15) is 52.9 Å². The molecule has 0 radical (unpaired) electrons. The highest BCUT2D eigenvalue weighted by atomic mass is 32.2. The molecule has 1 saturated heterocycles. The molecule has 2 N–H and O–H groups in total. The van der Waals surface area contributed by atoms with Gasteiger partial charge in [-0.1, -0.05) is 20.8 Å². The zero-order valence-electron chi connectivity index (χ0n) is 13.4. The van der Waals surface area contributed by atoms with Crippen LogP contribution in [0, 0.1) is 5.92 Å². The van der Waals surface area contributed by atoms with Gasteiger partial charge in [0.05, 0.1) is 0 Å². The van der Waals surface area contributed by atoms with Gasteiger partial charge in [-0.05, 0) is 51.6 Å². The monoisotopic (exact) mass is 305 g/mol. The third kappa shape index (κ3) is 4.41. The molecule has 0 spiro atoms. The van der Waals surface area contributed by atoms with Crippen LogP contribution in [0.3, 0.4) is 0 Å². The van der Waals surface area contributed by atoms with Gasteiger partial charge in [0.1, 0.15) is 0 Å². The van der Waals surface area contributed by atoms with Crippen molar-refractivity contribution in [1.29, 1.82) is 0 Å². The summed E-state index contributed by atoms with van der Waals surface area (Å²) in [5.41, 5.74) is -0.297. The molecule has 0 aromatic rings. The van der Waals surface area contributed by atoms with E-state index in [1.54, 1.807) is 4.31 Å². The summed E-state index contributed by atoms with van der Waals surface area (Å²) in [4.78, 5) is 0. The summed E-state index contributed by atoms with van der Waals surface area (Å²) >= 11 is 0. The van der Waals surface area contributed by atoms with Gasteiger partial charge in [-0.25, -0.2) is 0 Å². The smallest absolute Gasteiger partial charge is 0.279 e. The molecule has 1 fully saturated rings. The molecule has 1 rings (SSSR count). The summed E-state index contributed by atoms with van der Waals surface area (Å²) < 4.78 is 29.8. The fraction of sp³-hybridized carbons (Fsp3) is 1.00. The molecule has 1 atom stereocenters. The number of hydrogen-bond acceptors (Lipinski definition) is 3. The van der Waals surface area contributed by atoms with Gasteiger partial charge in [-0.3, -0.25) is 0 Å². The largest absolute Gasteiger partial charge is 0.319 e. The molecule has 120 valence electrons. The van der Waals surface area contributed by atoms with Crippen LogP contribution < -0.4 is 10.0 Å². The number of nitrogens with zero attached hydrogens (tertiary/aromatic N) is 1. The lowest BCUT2D eigenvalue weighted by Crippen LogP contribution is -2.55. The van der Waals surface area contributed by atoms with Crippen LogP contribution in [-0.2, 0) is 10.2 Å². The van der Waals surface area contributed by atoms with Crippen LogP contribution in [0.15, 0.2) is 0 Å². The fourth-order valence-electron chi connectivity index (χ4n) is 3.01. The highest BCUT2D eigenvalue weighted by Crippen LogP contribution is 2.24. The van der Waals surface area contributed by atoms with E-state index in [1.807, 2.05) is 7.05 Å². The Morgan fingerprint density at radius 1 is 1.20 bits per heavy atom. The van der Waals surface area contributed by atoms with Gasteiger partial charge in [-0.15, -0.1) is 0 Å². The van der Waals surface area contributed by atoms with Crippen molar-refractivity contribution in [3.8, 4) is 0 Å². The molecule has 1 aliphatic heterocycles. The van der Waals surface area contributed by atoms with Crippen molar-refractivity contribution >= 4 is 10.2 Å². The highest BCUT2D eigenvalue weighted by molar-refractivity contribution is 7.87. The molecule has 1 unspecified atom stereocenters. The zero-order chi connectivity index (χ0) is 15.2. The zero-order valence-corrected chi connectivity index (χ0v) is 14.2. The summed E-state index contributed by atoms with van der Waals surface area (Å²) in [7, 11) is -1.45. The second kappa shape index (κ2) is 7.73. The lowest BCUT2D eigenvalue weighted by atomic mass is 9.91. The molecule has 0 aromatic carbocycles. The number of rotatable bonds is 8. The molecule has 1 aliphatic rings. The minimum absolute atomic E-state index is 0.297. The van der Waals surface area contributed by atoms with E-state index in [0.29, 0.717) is 19.0 Å². The normalized spacial score (nSPS) is 22.1. The summed E-state index contributed by atoms with van der Waals surface area (Å²) in [6, 6.07) is 0. The van der Waals surface area contributed by atoms with Crippen LogP contribution in [-0.4, -0.2) is 44.9 Å². The molecule has 5 nitrogen and oxygen atoms in total. The quantitative estimate of drug-likeness (QED) is 0.718. The van der Waals surface area contributed by atoms with Crippen LogP contribution >= 0.6 is 0 Å². The second-order valence-corrected chi connectivity index (χ2v) is 7.54. The third-order valence-corrected chi connectivity index (χ3v) is 6.39. The molecule has 0 aliphatic carbocycles. The predicted molar refractivity (Wildman–Crippen MR) is 83.9 cm³/mol. The minimum atomic E-state index is -3.37. The van der Waals surface area contributed by atoms with Crippen LogP contribution in [0.2, 0.25) is 0 Å². The van der Waals surface area contributed by atoms with E-state index in [-0.39, 0.29) is 5.54 Å². The van der Waals surface area contributed by atoms with Crippen molar-refractivity contribution in [2.75, 3.05) is 26.7 Å². The summed E-state index contributed by atoms with van der Waals surface area (Å²) in [6.07, 6.45) is 4.53. The molecule has 1 heterocycles. The Bertz CT molecular complexity index is 370. The average Bonchev–Trinajstić information content (AvgIpc) is 2.46. The van der Waals surface area contributed by atoms with Crippen molar-refractivity contribution in [3.05, 3.63) is 0 Å². The molecular formula is C14H31N3O2S. The highest BCUT2D eigenvalue weighted by Gasteiger charge is 2.35. The number of piperidine rings is 1. The number of nitrogens with one attached hydrogen (secondary N) is 2. The van der Waals surface area contributed by atoms with Gasteiger partial charge < -0.3 is 5.32 Å². The van der Waals surface area contributed by atoms with Gasteiger partial charge in [0.2, 0.25) is 0 Å². The van der Waals surface area contributed by atoms with E-state index >= 15 is 0 Å². The molecule has 6 heteroatoms. The van der Waals surface area contributed by atoms with E-state index in [0.717, 1.165) is 38.6 Å². The van der Waals surface area contributed by atoms with Gasteiger partial charge in [-0.2, -0.15) is 17.4 Å². The molecule has 0 bridgehead atoms. The van der Waals surface area contributed by atoms with Gasteiger partial charge in [0, 0.05) is 18.6 Å². The topological polar surface area (TPSA) is 61.4 Å². The maximum absolute atomic E-state index is 12.6. The van der Waals surface area contributed by atoms with Crippen LogP contribution in [0.25, 0.3) is 0 Å². The standard InChI is InChI=1S/C14H31N3O2S/c1-5-14(6-2,7-3)16-20(18,19)17-10-8-9-13(12-17)11-15-4/h13,15-16H,5-12H2,1-4H3. The Balaban J connectivity index is 2.77. The predicted octanol–water partition coefficient (Wildman–Crippen LogP) is 1.72. The van der Waals surface area contributed by atoms with E-state index in [2.05, 4.69) is 30.8 Å². The Hall–Kier alpha value is -0.170. The van der Waals surface area contributed by atoms with Gasteiger partial charge in [0.25, 0.3) is 10.2 Å². The second-order valence-electron chi connectivity index (χ2n) is 5.87. The van der Waals surface area contributed by atoms with Crippen molar-refractivity contribution in [2.45, 2.75) is 58.4 Å². The molecular weight excluding hydrogens is 274 g/mol. The Labute approximate surface area is 124 Å². The van der Waals surface area contributed by atoms with E-state index in [4.69, 9.17) is 0 Å². The van der Waals surface area contributed by atoms with Crippen molar-refractivity contribution in [3.63, 3.8) is 0 Å². The molecule has 0 amide bonds. The first-order valence-electron chi connectivity index (χ1n) is 7.86. The Kier molecular flexibility index (Phi) is 6.91. The van der Waals surface area contributed by atoms with E-state index < -0.39 is 10.2 Å². The summed E-state index contributed by atoms with van der Waals surface area (Å²) in [6.45, 7) is 8.30. The number of hydrogen-bond donors (Lipinski definition) is 2. The van der Waals surface area contributed by atoms with Crippen LogP contribution in [0.5, 0.6) is 0 Å².